The summed E-state index contributed by atoms with van der Waals surface area (Å²) in [5.74, 6) is 1.02. The molecule has 21 heavy (non-hydrogen) atoms. The van der Waals surface area contributed by atoms with Crippen LogP contribution in [-0.2, 0) is 17.6 Å². The van der Waals surface area contributed by atoms with Gasteiger partial charge >= 0.3 is 0 Å². The average molecular weight is 368 g/mol. The third-order valence-corrected chi connectivity index (χ3v) is 4.10. The molecule has 0 radical (unpaired) electrons. The molecule has 0 saturated carbocycles. The van der Waals surface area contributed by atoms with Gasteiger partial charge in [-0.1, -0.05) is 45.7 Å². The Morgan fingerprint density at radius 2 is 1.90 bits per heavy atom. The maximum atomic E-state index is 12.1. The number of carbonyl (C=O) groups excluding carboxylic acids is 1. The molecule has 0 heterocycles. The fraction of sp³-hybridized carbons (Fsp3) is 0.235. The summed E-state index contributed by atoms with van der Waals surface area (Å²) in [5, 5.41) is 0.627. The zero-order chi connectivity index (χ0) is 15.2. The van der Waals surface area contributed by atoms with Gasteiger partial charge in [-0.05, 0) is 41.8 Å². The maximum absolute atomic E-state index is 12.1. The highest BCUT2D eigenvalue weighted by molar-refractivity contribution is 9.10. The second-order valence-corrected chi connectivity index (χ2v) is 6.12. The van der Waals surface area contributed by atoms with Crippen LogP contribution >= 0.6 is 27.5 Å². The highest BCUT2D eigenvalue weighted by Gasteiger charge is 2.08. The molecule has 4 heteroatoms. The van der Waals surface area contributed by atoms with Gasteiger partial charge in [-0.15, -0.1) is 0 Å². The van der Waals surface area contributed by atoms with Gasteiger partial charge in [0.05, 0.1) is 7.11 Å². The van der Waals surface area contributed by atoms with Crippen LogP contribution in [0.5, 0.6) is 5.75 Å². The van der Waals surface area contributed by atoms with E-state index in [1.807, 2.05) is 42.5 Å². The van der Waals surface area contributed by atoms with Crippen LogP contribution in [0, 0.1) is 0 Å². The first-order valence-electron chi connectivity index (χ1n) is 6.67. The number of Topliss-reactive ketones (excluding diaryl/α,β-unsaturated/α-hetero) is 1. The minimum atomic E-state index is 0.190. The van der Waals surface area contributed by atoms with E-state index in [0.717, 1.165) is 27.8 Å². The van der Waals surface area contributed by atoms with Crippen molar-refractivity contribution in [3.63, 3.8) is 0 Å². The van der Waals surface area contributed by atoms with Crippen LogP contribution in [0.2, 0.25) is 5.02 Å². The molecule has 0 spiro atoms. The molecule has 2 aromatic carbocycles. The molecule has 0 aliphatic carbocycles. The van der Waals surface area contributed by atoms with Crippen molar-refractivity contribution in [2.24, 2.45) is 0 Å². The molecule has 0 fully saturated rings. The zero-order valence-corrected chi connectivity index (χ0v) is 14.1. The van der Waals surface area contributed by atoms with Crippen molar-refractivity contribution < 1.29 is 9.53 Å². The first-order chi connectivity index (χ1) is 10.1. The lowest BCUT2D eigenvalue weighted by Crippen LogP contribution is -2.05. The zero-order valence-electron chi connectivity index (χ0n) is 11.7. The molecule has 2 rings (SSSR count). The number of methoxy groups -OCH3 is 1. The smallest absolute Gasteiger partial charge is 0.137 e. The highest BCUT2D eigenvalue weighted by atomic mass is 79.9. The van der Waals surface area contributed by atoms with E-state index in [1.54, 1.807) is 7.11 Å². The summed E-state index contributed by atoms with van der Waals surface area (Å²) in [4.78, 5) is 12.1. The predicted molar refractivity (Wildman–Crippen MR) is 89.2 cm³/mol. The van der Waals surface area contributed by atoms with Crippen LogP contribution in [0.15, 0.2) is 46.9 Å². The summed E-state index contributed by atoms with van der Waals surface area (Å²) < 4.78 is 6.03. The van der Waals surface area contributed by atoms with Gasteiger partial charge in [0.2, 0.25) is 0 Å². The molecule has 0 saturated heterocycles. The van der Waals surface area contributed by atoms with Gasteiger partial charge in [0.15, 0.2) is 0 Å². The molecule has 2 aromatic rings. The van der Waals surface area contributed by atoms with E-state index in [1.165, 1.54) is 0 Å². The van der Waals surface area contributed by atoms with E-state index in [4.69, 9.17) is 16.3 Å². The fourth-order valence-electron chi connectivity index (χ4n) is 2.04. The van der Waals surface area contributed by atoms with Gasteiger partial charge in [0.25, 0.3) is 0 Å². The lowest BCUT2D eigenvalue weighted by atomic mass is 10.0. The van der Waals surface area contributed by atoms with Crippen LogP contribution in [-0.4, -0.2) is 12.9 Å². The van der Waals surface area contributed by atoms with Crippen LogP contribution in [0.4, 0.5) is 0 Å². The van der Waals surface area contributed by atoms with Gasteiger partial charge in [0, 0.05) is 22.3 Å². The Kier molecular flexibility index (Phi) is 5.83. The van der Waals surface area contributed by atoms with Crippen molar-refractivity contribution in [1.82, 2.24) is 0 Å². The molecule has 0 aromatic heterocycles. The minimum Gasteiger partial charge on any atom is -0.497 e. The molecule has 2 nitrogen and oxygen atoms in total. The molecule has 0 aliphatic heterocycles. The van der Waals surface area contributed by atoms with Gasteiger partial charge in [-0.3, -0.25) is 4.79 Å². The summed E-state index contributed by atoms with van der Waals surface area (Å²) in [5.41, 5.74) is 2.01. The van der Waals surface area contributed by atoms with E-state index >= 15 is 0 Å². The lowest BCUT2D eigenvalue weighted by Gasteiger charge is -2.05. The quantitative estimate of drug-likeness (QED) is 0.729. The number of aryl methyl sites for hydroxylation is 1. The second kappa shape index (κ2) is 7.62. The number of benzene rings is 2. The minimum absolute atomic E-state index is 0.190. The summed E-state index contributed by atoms with van der Waals surface area (Å²) in [6.07, 6.45) is 1.62. The van der Waals surface area contributed by atoms with E-state index in [2.05, 4.69) is 15.9 Å². The van der Waals surface area contributed by atoms with E-state index in [-0.39, 0.29) is 5.78 Å². The Bertz CT molecular complexity index is 623. The third kappa shape index (κ3) is 4.87. The predicted octanol–water partition coefficient (Wildman–Crippen LogP) is 4.86. The normalized spacial score (nSPS) is 10.4. The van der Waals surface area contributed by atoms with E-state index < -0.39 is 0 Å². The molecule has 0 bridgehead atoms. The number of ether oxygens (including phenoxy) is 1. The summed E-state index contributed by atoms with van der Waals surface area (Å²) in [6, 6.07) is 13.4. The first-order valence-corrected chi connectivity index (χ1v) is 7.84. The van der Waals surface area contributed by atoms with Gasteiger partial charge in [0.1, 0.15) is 11.5 Å². The van der Waals surface area contributed by atoms with Crippen LogP contribution in [0.25, 0.3) is 0 Å². The van der Waals surface area contributed by atoms with Gasteiger partial charge < -0.3 is 4.74 Å². The van der Waals surface area contributed by atoms with Crippen molar-refractivity contribution in [1.29, 1.82) is 0 Å². The monoisotopic (exact) mass is 366 g/mol. The standard InChI is InChI=1S/C17H16BrClO2/c1-21-16-8-3-12(4-9-16)2-7-15(20)10-13-5-6-14(18)11-17(13)19/h3-6,8-9,11H,2,7,10H2,1H3. The average Bonchev–Trinajstić information content (AvgIpc) is 2.48. The molecular weight excluding hydrogens is 352 g/mol. The highest BCUT2D eigenvalue weighted by Crippen LogP contribution is 2.22. The molecule has 0 aliphatic rings. The maximum Gasteiger partial charge on any atom is 0.137 e. The third-order valence-electron chi connectivity index (χ3n) is 3.25. The molecule has 0 N–H and O–H groups in total. The van der Waals surface area contributed by atoms with Crippen LogP contribution < -0.4 is 4.74 Å². The van der Waals surface area contributed by atoms with Crippen LogP contribution in [0.1, 0.15) is 17.5 Å². The molecule has 0 amide bonds. The second-order valence-electron chi connectivity index (χ2n) is 4.80. The summed E-state index contributed by atoms with van der Waals surface area (Å²) in [7, 11) is 1.64. The van der Waals surface area contributed by atoms with E-state index in [9.17, 15) is 4.79 Å². The summed E-state index contributed by atoms with van der Waals surface area (Å²) >= 11 is 9.48. The summed E-state index contributed by atoms with van der Waals surface area (Å²) in [6.45, 7) is 0. The Morgan fingerprint density at radius 1 is 1.19 bits per heavy atom. The van der Waals surface area contributed by atoms with Gasteiger partial charge in [-0.2, -0.15) is 0 Å². The topological polar surface area (TPSA) is 26.3 Å². The van der Waals surface area contributed by atoms with Crippen molar-refractivity contribution in [3.8, 4) is 5.75 Å². The molecule has 0 unspecified atom stereocenters. The Morgan fingerprint density at radius 3 is 2.52 bits per heavy atom. The first kappa shape index (κ1) is 16.1. The number of carbonyl (C=O) groups is 1. The lowest BCUT2D eigenvalue weighted by molar-refractivity contribution is -0.118. The number of hydrogen-bond donors (Lipinski definition) is 0. The molecule has 0 atom stereocenters. The Hall–Kier alpha value is -1.32. The van der Waals surface area contributed by atoms with Crippen molar-refractivity contribution in [2.45, 2.75) is 19.3 Å². The number of halogens is 2. The van der Waals surface area contributed by atoms with Crippen LogP contribution in [0.3, 0.4) is 0 Å². The Balaban J connectivity index is 1.89. The molecule has 110 valence electrons. The largest absolute Gasteiger partial charge is 0.497 e. The van der Waals surface area contributed by atoms with Crippen molar-refractivity contribution in [3.05, 3.63) is 63.1 Å². The van der Waals surface area contributed by atoms with E-state index in [0.29, 0.717) is 17.9 Å². The molecular formula is C17H16BrClO2. The number of ketones is 1. The SMILES string of the molecule is COc1ccc(CCC(=O)Cc2ccc(Br)cc2Cl)cc1. The number of rotatable bonds is 6. The van der Waals surface area contributed by atoms with Crippen molar-refractivity contribution >= 4 is 33.3 Å². The Labute approximate surface area is 138 Å². The number of hydrogen-bond acceptors (Lipinski definition) is 2. The van der Waals surface area contributed by atoms with Crippen molar-refractivity contribution in [2.75, 3.05) is 7.11 Å². The fourth-order valence-corrected chi connectivity index (χ4v) is 2.78. The van der Waals surface area contributed by atoms with Gasteiger partial charge in [-0.25, -0.2) is 0 Å².